The number of aliphatic hydroxyl groups is 1. The number of thiazole rings is 1. The molecule has 1 atom stereocenters. The first kappa shape index (κ1) is 23.7. The zero-order valence-corrected chi connectivity index (χ0v) is 20.5. The smallest absolute Gasteiger partial charge is 0.350 e. The Kier molecular flexibility index (Phi) is 6.29. The normalized spacial score (nSPS) is 17.3. The number of hydrogen-bond donors (Lipinski definition) is 1. The number of ketones is 1. The number of carbonyl (C=O) groups excluding carboxylic acids is 3. The fourth-order valence-corrected chi connectivity index (χ4v) is 5.14. The third-order valence-electron chi connectivity index (χ3n) is 5.62. The molecule has 0 saturated carbocycles. The summed E-state index contributed by atoms with van der Waals surface area (Å²) >= 11 is 7.17. The van der Waals surface area contributed by atoms with Crippen molar-refractivity contribution >= 4 is 51.5 Å². The standard InChI is InChI=1S/C25H21ClN2O5S/c1-12-8-9-13(2)17(10-12)20(29)18-19(15-6-5-7-16(26)11-15)28(23(31)21(18)30)25-27-14(3)22(34-25)24(32)33-4/h5-11,19,29H,1-4H3. The van der Waals surface area contributed by atoms with E-state index in [-0.39, 0.29) is 21.3 Å². The van der Waals surface area contributed by atoms with Gasteiger partial charge in [0.15, 0.2) is 5.13 Å². The number of carbonyl (C=O) groups is 3. The van der Waals surface area contributed by atoms with Gasteiger partial charge in [-0.25, -0.2) is 9.78 Å². The van der Waals surface area contributed by atoms with Crippen LogP contribution in [0, 0.1) is 20.8 Å². The maximum absolute atomic E-state index is 13.3. The van der Waals surface area contributed by atoms with Gasteiger partial charge >= 0.3 is 11.9 Å². The van der Waals surface area contributed by atoms with Crippen LogP contribution in [0.25, 0.3) is 5.76 Å². The van der Waals surface area contributed by atoms with Gasteiger partial charge in [-0.15, -0.1) is 0 Å². The Hall–Kier alpha value is -3.49. The number of aryl methyl sites for hydroxylation is 3. The summed E-state index contributed by atoms with van der Waals surface area (Å²) in [5.74, 6) is -2.58. The first-order chi connectivity index (χ1) is 16.1. The highest BCUT2D eigenvalue weighted by atomic mass is 35.5. The molecule has 174 valence electrons. The molecule has 0 radical (unpaired) electrons. The van der Waals surface area contributed by atoms with Gasteiger partial charge < -0.3 is 9.84 Å². The molecular formula is C25H21ClN2O5S. The molecule has 4 rings (SSSR count). The van der Waals surface area contributed by atoms with E-state index < -0.39 is 23.7 Å². The van der Waals surface area contributed by atoms with Crippen molar-refractivity contribution in [3.8, 4) is 0 Å². The summed E-state index contributed by atoms with van der Waals surface area (Å²) in [7, 11) is 1.25. The summed E-state index contributed by atoms with van der Waals surface area (Å²) in [6.07, 6.45) is 0. The average molecular weight is 497 g/mol. The zero-order chi connectivity index (χ0) is 24.7. The van der Waals surface area contributed by atoms with Gasteiger partial charge in [-0.1, -0.05) is 52.8 Å². The number of aliphatic hydroxyl groups excluding tert-OH is 1. The Bertz CT molecular complexity index is 1380. The predicted octanol–water partition coefficient (Wildman–Crippen LogP) is 5.13. The molecule has 9 heteroatoms. The van der Waals surface area contributed by atoms with Crippen LogP contribution < -0.4 is 4.90 Å². The van der Waals surface area contributed by atoms with E-state index in [1.165, 1.54) is 12.0 Å². The summed E-state index contributed by atoms with van der Waals surface area (Å²) < 4.78 is 4.80. The van der Waals surface area contributed by atoms with E-state index in [1.54, 1.807) is 37.3 Å². The van der Waals surface area contributed by atoms with Crippen molar-refractivity contribution < 1.29 is 24.2 Å². The summed E-state index contributed by atoms with van der Waals surface area (Å²) in [5.41, 5.74) is 2.90. The molecule has 1 fully saturated rings. The lowest BCUT2D eigenvalue weighted by molar-refractivity contribution is -0.132. The number of nitrogens with zero attached hydrogens (tertiary/aromatic N) is 2. The Morgan fingerprint density at radius 1 is 1.15 bits per heavy atom. The number of Topliss-reactive ketones (excluding diaryl/α,β-unsaturated/α-hetero) is 1. The summed E-state index contributed by atoms with van der Waals surface area (Å²) in [6.45, 7) is 5.30. The van der Waals surface area contributed by atoms with E-state index in [0.717, 1.165) is 22.5 Å². The summed E-state index contributed by atoms with van der Waals surface area (Å²) in [6, 6.07) is 11.2. The molecular weight excluding hydrogens is 476 g/mol. The highest BCUT2D eigenvalue weighted by Gasteiger charge is 2.48. The first-order valence-electron chi connectivity index (χ1n) is 10.3. The maximum atomic E-state index is 13.3. The number of benzene rings is 2. The molecule has 1 amide bonds. The Labute approximate surface area is 205 Å². The van der Waals surface area contributed by atoms with Crippen molar-refractivity contribution in [1.29, 1.82) is 0 Å². The van der Waals surface area contributed by atoms with Gasteiger partial charge in [0.2, 0.25) is 0 Å². The minimum Gasteiger partial charge on any atom is -0.507 e. The lowest BCUT2D eigenvalue weighted by Gasteiger charge is -2.23. The second-order valence-corrected chi connectivity index (χ2v) is 9.36. The number of rotatable bonds is 4. The van der Waals surface area contributed by atoms with Crippen molar-refractivity contribution in [2.45, 2.75) is 26.8 Å². The molecule has 0 spiro atoms. The lowest BCUT2D eigenvalue weighted by atomic mass is 9.93. The predicted molar refractivity (Wildman–Crippen MR) is 130 cm³/mol. The minimum absolute atomic E-state index is 0.0755. The fraction of sp³-hybridized carbons (Fsp3) is 0.200. The molecule has 3 aromatic rings. The van der Waals surface area contributed by atoms with Crippen molar-refractivity contribution in [3.63, 3.8) is 0 Å². The topological polar surface area (TPSA) is 96.8 Å². The van der Waals surface area contributed by atoms with Gasteiger partial charge in [0, 0.05) is 10.6 Å². The van der Waals surface area contributed by atoms with E-state index in [9.17, 15) is 19.5 Å². The van der Waals surface area contributed by atoms with Gasteiger partial charge in [0.1, 0.15) is 10.6 Å². The van der Waals surface area contributed by atoms with Gasteiger partial charge in [0.05, 0.1) is 24.4 Å². The molecule has 1 saturated heterocycles. The Morgan fingerprint density at radius 3 is 2.56 bits per heavy atom. The molecule has 1 aliphatic rings. The first-order valence-corrected chi connectivity index (χ1v) is 11.5. The van der Waals surface area contributed by atoms with E-state index >= 15 is 0 Å². The number of amides is 1. The van der Waals surface area contributed by atoms with Crippen LogP contribution in [0.2, 0.25) is 5.02 Å². The zero-order valence-electron chi connectivity index (χ0n) is 18.9. The van der Waals surface area contributed by atoms with Crippen LogP contribution in [0.15, 0.2) is 48.0 Å². The SMILES string of the molecule is COC(=O)c1sc(N2C(=O)C(=O)C(=C(O)c3cc(C)ccc3C)C2c2cccc(Cl)c2)nc1C. The molecule has 1 N–H and O–H groups in total. The number of hydrogen-bond acceptors (Lipinski definition) is 7. The fourth-order valence-electron chi connectivity index (χ4n) is 3.93. The van der Waals surface area contributed by atoms with E-state index in [4.69, 9.17) is 16.3 Å². The van der Waals surface area contributed by atoms with Gasteiger partial charge in [-0.2, -0.15) is 0 Å². The summed E-state index contributed by atoms with van der Waals surface area (Å²) in [5, 5.41) is 11.9. The molecule has 0 aliphatic carbocycles. The van der Waals surface area contributed by atoms with Crippen molar-refractivity contribution in [3.05, 3.63) is 85.9 Å². The quantitative estimate of drug-likeness (QED) is 0.232. The van der Waals surface area contributed by atoms with Crippen LogP contribution in [-0.2, 0) is 14.3 Å². The molecule has 34 heavy (non-hydrogen) atoms. The van der Waals surface area contributed by atoms with E-state index in [2.05, 4.69) is 4.98 Å². The van der Waals surface area contributed by atoms with E-state index in [0.29, 0.717) is 21.8 Å². The monoisotopic (exact) mass is 496 g/mol. The number of halogens is 1. The van der Waals surface area contributed by atoms with Crippen molar-refractivity contribution in [2.24, 2.45) is 0 Å². The van der Waals surface area contributed by atoms with E-state index in [1.807, 2.05) is 26.0 Å². The maximum Gasteiger partial charge on any atom is 0.350 e. The molecule has 1 aliphatic heterocycles. The van der Waals surface area contributed by atoms with Crippen LogP contribution in [-0.4, -0.2) is 34.9 Å². The number of esters is 1. The highest BCUT2D eigenvalue weighted by molar-refractivity contribution is 7.17. The Balaban J connectivity index is 1.98. The van der Waals surface area contributed by atoms with Crippen LogP contribution in [0.5, 0.6) is 0 Å². The third-order valence-corrected chi connectivity index (χ3v) is 6.99. The second-order valence-electron chi connectivity index (χ2n) is 7.95. The van der Waals surface area contributed by atoms with Gasteiger partial charge in [-0.05, 0) is 50.1 Å². The van der Waals surface area contributed by atoms with Crippen molar-refractivity contribution in [2.75, 3.05) is 12.0 Å². The number of anilines is 1. The number of methoxy groups -OCH3 is 1. The van der Waals surface area contributed by atoms with Gasteiger partial charge in [0.25, 0.3) is 5.78 Å². The van der Waals surface area contributed by atoms with Crippen LogP contribution in [0.3, 0.4) is 0 Å². The molecule has 0 bridgehead atoms. The molecule has 2 heterocycles. The molecule has 1 unspecified atom stereocenters. The number of ether oxygens (including phenoxy) is 1. The number of aromatic nitrogens is 1. The molecule has 1 aromatic heterocycles. The second kappa shape index (κ2) is 9.04. The average Bonchev–Trinajstić information content (AvgIpc) is 3.31. The van der Waals surface area contributed by atoms with Crippen LogP contribution in [0.4, 0.5) is 5.13 Å². The van der Waals surface area contributed by atoms with Gasteiger partial charge in [-0.3, -0.25) is 14.5 Å². The minimum atomic E-state index is -0.991. The molecule has 2 aromatic carbocycles. The van der Waals surface area contributed by atoms with Crippen LogP contribution >= 0.6 is 22.9 Å². The third kappa shape index (κ3) is 3.99. The van der Waals surface area contributed by atoms with Crippen molar-refractivity contribution in [1.82, 2.24) is 4.98 Å². The van der Waals surface area contributed by atoms with Crippen LogP contribution in [0.1, 0.15) is 43.7 Å². The Morgan fingerprint density at radius 2 is 1.88 bits per heavy atom. The summed E-state index contributed by atoms with van der Waals surface area (Å²) in [4.78, 5) is 44.5. The molecule has 7 nitrogen and oxygen atoms in total. The largest absolute Gasteiger partial charge is 0.507 e. The lowest BCUT2D eigenvalue weighted by Crippen LogP contribution is -2.29. The highest BCUT2D eigenvalue weighted by Crippen LogP contribution is 2.44.